The van der Waals surface area contributed by atoms with Crippen molar-refractivity contribution < 1.29 is 0 Å². The number of hydrogen-bond donors (Lipinski definition) is 0. The number of pyridine rings is 1. The molecule has 0 bridgehead atoms. The van der Waals surface area contributed by atoms with Gasteiger partial charge in [0, 0.05) is 15.5 Å². The molecule has 0 saturated carbocycles. The van der Waals surface area contributed by atoms with Gasteiger partial charge in [0.15, 0.2) is 0 Å². The molecule has 2 heteroatoms. The third kappa shape index (κ3) is 2.42. The summed E-state index contributed by atoms with van der Waals surface area (Å²) in [4.78, 5) is 4.51. The van der Waals surface area contributed by atoms with Gasteiger partial charge in [-0.2, -0.15) is 0 Å². The lowest BCUT2D eigenvalue weighted by Crippen LogP contribution is -2.02. The average Bonchev–Trinajstić information content (AvgIpc) is 2.08. The number of hydrogen-bond acceptors (Lipinski definition) is 1. The number of halogens is 1. The van der Waals surface area contributed by atoms with Crippen molar-refractivity contribution in [2.24, 2.45) is 0 Å². The van der Waals surface area contributed by atoms with Gasteiger partial charge in [-0.3, -0.25) is 4.98 Å². The Morgan fingerprint density at radius 2 is 1.85 bits per heavy atom. The topological polar surface area (TPSA) is 12.9 Å². The van der Waals surface area contributed by atoms with Gasteiger partial charge >= 0.3 is 0 Å². The van der Waals surface area contributed by atoms with Crippen LogP contribution in [-0.4, -0.2) is 4.98 Å². The second-order valence-corrected chi connectivity index (χ2v) is 4.92. The van der Waals surface area contributed by atoms with Crippen LogP contribution in [0.1, 0.15) is 36.9 Å². The zero-order chi connectivity index (χ0) is 9.10. The largest absolute Gasteiger partial charge is 0.260 e. The highest BCUT2D eigenvalue weighted by molar-refractivity contribution is 14.1. The minimum absolute atomic E-state index is 1.19. The summed E-state index contributed by atoms with van der Waals surface area (Å²) < 4.78 is 1.27. The second-order valence-electron chi connectivity index (χ2n) is 3.67. The van der Waals surface area contributed by atoms with Gasteiger partial charge in [-0.25, -0.2) is 0 Å². The maximum atomic E-state index is 4.51. The summed E-state index contributed by atoms with van der Waals surface area (Å²) in [5.41, 5.74) is 2.84. The Balaban J connectivity index is 2.28. The van der Waals surface area contributed by atoms with Crippen LogP contribution in [0.25, 0.3) is 0 Å². The Morgan fingerprint density at radius 3 is 2.69 bits per heavy atom. The molecule has 0 atom stereocenters. The van der Waals surface area contributed by atoms with E-state index in [0.717, 1.165) is 0 Å². The van der Waals surface area contributed by atoms with Crippen LogP contribution in [0.4, 0.5) is 0 Å². The van der Waals surface area contributed by atoms with Gasteiger partial charge in [0.05, 0.1) is 0 Å². The Labute approximate surface area is 93.1 Å². The molecule has 0 amide bonds. The van der Waals surface area contributed by atoms with E-state index in [1.807, 2.05) is 6.20 Å². The second kappa shape index (κ2) is 4.40. The molecule has 0 radical (unpaired) electrons. The molecule has 0 fully saturated rings. The van der Waals surface area contributed by atoms with E-state index in [1.165, 1.54) is 53.4 Å². The highest BCUT2D eigenvalue weighted by Gasteiger charge is 2.07. The quantitative estimate of drug-likeness (QED) is 0.667. The molecule has 13 heavy (non-hydrogen) atoms. The molecule has 1 aliphatic rings. The molecule has 1 aliphatic carbocycles. The third-order valence-corrected chi connectivity index (χ3v) is 3.23. The van der Waals surface area contributed by atoms with Crippen LogP contribution in [0.5, 0.6) is 0 Å². The van der Waals surface area contributed by atoms with Gasteiger partial charge in [-0.1, -0.05) is 12.8 Å². The summed E-state index contributed by atoms with van der Waals surface area (Å²) in [6, 6.07) is 2.30. The van der Waals surface area contributed by atoms with Gasteiger partial charge in [0.25, 0.3) is 0 Å². The normalized spacial score (nSPS) is 17.3. The highest BCUT2D eigenvalue weighted by Crippen LogP contribution is 2.19. The van der Waals surface area contributed by atoms with Crippen molar-refractivity contribution in [1.82, 2.24) is 4.98 Å². The number of fused-ring (bicyclic) bond motifs is 1. The fraction of sp³-hybridized carbons (Fsp3) is 0.545. The Kier molecular flexibility index (Phi) is 3.19. The molecule has 0 N–H and O–H groups in total. The van der Waals surface area contributed by atoms with Crippen molar-refractivity contribution in [2.75, 3.05) is 0 Å². The maximum absolute atomic E-state index is 4.51. The van der Waals surface area contributed by atoms with Crippen molar-refractivity contribution in [2.45, 2.75) is 38.5 Å². The third-order valence-electron chi connectivity index (χ3n) is 2.64. The first kappa shape index (κ1) is 9.44. The number of aryl methyl sites for hydroxylation is 2. The van der Waals surface area contributed by atoms with Gasteiger partial charge in [0.1, 0.15) is 0 Å². The summed E-state index contributed by atoms with van der Waals surface area (Å²) >= 11 is 2.35. The molecular weight excluding hydrogens is 273 g/mol. The first-order valence-corrected chi connectivity index (χ1v) is 6.07. The molecule has 0 spiro atoms. The minimum Gasteiger partial charge on any atom is -0.260 e. The molecule has 1 aromatic heterocycles. The van der Waals surface area contributed by atoms with Gasteiger partial charge < -0.3 is 0 Å². The lowest BCUT2D eigenvalue weighted by atomic mass is 9.97. The molecule has 70 valence electrons. The van der Waals surface area contributed by atoms with E-state index in [2.05, 4.69) is 33.6 Å². The summed E-state index contributed by atoms with van der Waals surface area (Å²) in [5.74, 6) is 0. The predicted octanol–water partition coefficient (Wildman–Crippen LogP) is 3.35. The van der Waals surface area contributed by atoms with Crippen molar-refractivity contribution in [1.29, 1.82) is 0 Å². The van der Waals surface area contributed by atoms with Crippen molar-refractivity contribution in [3.63, 3.8) is 0 Å². The van der Waals surface area contributed by atoms with E-state index in [0.29, 0.717) is 0 Å². The van der Waals surface area contributed by atoms with Crippen molar-refractivity contribution in [3.05, 3.63) is 27.1 Å². The molecular formula is C11H14IN. The highest BCUT2D eigenvalue weighted by atomic mass is 127. The van der Waals surface area contributed by atoms with Crippen LogP contribution in [0.3, 0.4) is 0 Å². The summed E-state index contributed by atoms with van der Waals surface area (Å²) in [6.07, 6.45) is 9.85. The standard InChI is InChI=1S/C11H14IN/c12-10-7-9-5-3-1-2-4-6-11(9)13-8-10/h7-8H,1-6H2. The van der Waals surface area contributed by atoms with E-state index in [-0.39, 0.29) is 0 Å². The first-order valence-electron chi connectivity index (χ1n) is 4.99. The van der Waals surface area contributed by atoms with E-state index < -0.39 is 0 Å². The average molecular weight is 287 g/mol. The zero-order valence-electron chi connectivity index (χ0n) is 7.72. The Hall–Kier alpha value is -0.120. The Bertz CT molecular complexity index is 296. The van der Waals surface area contributed by atoms with Gasteiger partial charge in [0.2, 0.25) is 0 Å². The van der Waals surface area contributed by atoms with Crippen LogP contribution in [-0.2, 0) is 12.8 Å². The van der Waals surface area contributed by atoms with Crippen LogP contribution in [0.2, 0.25) is 0 Å². The summed E-state index contributed by atoms with van der Waals surface area (Å²) in [5, 5.41) is 0. The molecule has 0 saturated heterocycles. The summed E-state index contributed by atoms with van der Waals surface area (Å²) in [7, 11) is 0. The smallest absolute Gasteiger partial charge is 0.0436 e. The maximum Gasteiger partial charge on any atom is 0.0436 e. The predicted molar refractivity (Wildman–Crippen MR) is 62.8 cm³/mol. The Morgan fingerprint density at radius 1 is 1.08 bits per heavy atom. The van der Waals surface area contributed by atoms with Crippen LogP contribution in [0, 0.1) is 3.57 Å². The van der Waals surface area contributed by atoms with Crippen LogP contribution >= 0.6 is 22.6 Å². The van der Waals surface area contributed by atoms with E-state index >= 15 is 0 Å². The first-order chi connectivity index (χ1) is 6.36. The fourth-order valence-corrected chi connectivity index (χ4v) is 2.43. The van der Waals surface area contributed by atoms with E-state index in [9.17, 15) is 0 Å². The summed E-state index contributed by atoms with van der Waals surface area (Å²) in [6.45, 7) is 0. The van der Waals surface area contributed by atoms with Crippen molar-refractivity contribution >= 4 is 22.6 Å². The molecule has 0 unspecified atom stereocenters. The number of aromatic nitrogens is 1. The monoisotopic (exact) mass is 287 g/mol. The number of rotatable bonds is 0. The van der Waals surface area contributed by atoms with Crippen molar-refractivity contribution in [3.8, 4) is 0 Å². The lowest BCUT2D eigenvalue weighted by Gasteiger charge is -2.12. The fourth-order valence-electron chi connectivity index (χ4n) is 1.91. The molecule has 1 heterocycles. The lowest BCUT2D eigenvalue weighted by molar-refractivity contribution is 0.608. The molecule has 1 aromatic rings. The van der Waals surface area contributed by atoms with Gasteiger partial charge in [-0.05, 0) is 59.9 Å². The molecule has 0 aliphatic heterocycles. The number of nitrogens with zero attached hydrogens (tertiary/aromatic N) is 1. The minimum atomic E-state index is 1.19. The van der Waals surface area contributed by atoms with Gasteiger partial charge in [-0.15, -0.1) is 0 Å². The SMILES string of the molecule is Ic1cnc2c(c1)CCCCCC2. The zero-order valence-corrected chi connectivity index (χ0v) is 9.88. The molecule has 2 rings (SSSR count). The molecule has 0 aromatic carbocycles. The van der Waals surface area contributed by atoms with E-state index in [4.69, 9.17) is 0 Å². The van der Waals surface area contributed by atoms with E-state index in [1.54, 1.807) is 0 Å². The van der Waals surface area contributed by atoms with Crippen LogP contribution in [0.15, 0.2) is 12.3 Å². The van der Waals surface area contributed by atoms with Crippen LogP contribution < -0.4 is 0 Å². The molecule has 1 nitrogen and oxygen atoms in total.